The van der Waals surface area contributed by atoms with E-state index < -0.39 is 10.9 Å². The van der Waals surface area contributed by atoms with E-state index in [1.807, 2.05) is 18.2 Å². The number of rotatable bonds is 9. The van der Waals surface area contributed by atoms with Gasteiger partial charge in [-0.1, -0.05) is 25.3 Å². The zero-order valence-corrected chi connectivity index (χ0v) is 17.8. The van der Waals surface area contributed by atoms with Gasteiger partial charge >= 0.3 is 0 Å². The number of nitrogens with one attached hydrogen (secondary N) is 2. The Kier molecular flexibility index (Phi) is 6.47. The van der Waals surface area contributed by atoms with E-state index in [1.54, 1.807) is 14.2 Å². The molecule has 0 aliphatic heterocycles. The molecule has 0 unspecified atom stereocenters. The lowest BCUT2D eigenvalue weighted by Gasteiger charge is -2.43. The summed E-state index contributed by atoms with van der Waals surface area (Å²) in [5.74, 6) is 1.27. The molecule has 0 heterocycles. The van der Waals surface area contributed by atoms with Crippen LogP contribution < -0.4 is 31.0 Å². The number of ether oxygens (including phenoxy) is 2. The average molecular weight is 402 g/mol. The molecule has 0 atom stereocenters. The van der Waals surface area contributed by atoms with Crippen LogP contribution in [0.15, 0.2) is 27.8 Å². The van der Waals surface area contributed by atoms with Crippen LogP contribution in [0.25, 0.3) is 0 Å². The van der Waals surface area contributed by atoms with Gasteiger partial charge in [-0.05, 0) is 44.6 Å². The van der Waals surface area contributed by atoms with Crippen LogP contribution in [0, 0.1) is 0 Å². The number of anilines is 2. The fourth-order valence-corrected chi connectivity index (χ4v) is 4.15. The van der Waals surface area contributed by atoms with Crippen molar-refractivity contribution in [2.75, 3.05) is 45.5 Å². The summed E-state index contributed by atoms with van der Waals surface area (Å²) >= 11 is 0. The Morgan fingerprint density at radius 3 is 2.14 bits per heavy atom. The van der Waals surface area contributed by atoms with Crippen LogP contribution in [0.3, 0.4) is 0 Å². The number of methoxy groups -OCH3 is 2. The Bertz CT molecular complexity index is 909. The standard InChI is InChI=1S/C22H31N3O4/c1-25(2)22(10-6-5-7-11-22)14-24-19-18(20(26)21(19)27)23-13-15-8-9-16(28-3)17(12-15)29-4/h8-9,12,23-24H,5-7,10-11,13-14H2,1-4H3. The lowest BCUT2D eigenvalue weighted by atomic mass is 9.80. The quantitative estimate of drug-likeness (QED) is 0.625. The van der Waals surface area contributed by atoms with E-state index in [1.165, 1.54) is 19.3 Å². The Morgan fingerprint density at radius 1 is 0.931 bits per heavy atom. The minimum Gasteiger partial charge on any atom is -0.493 e. The summed E-state index contributed by atoms with van der Waals surface area (Å²) in [5, 5.41) is 6.40. The molecule has 1 saturated carbocycles. The molecule has 0 radical (unpaired) electrons. The van der Waals surface area contributed by atoms with Crippen molar-refractivity contribution >= 4 is 11.4 Å². The van der Waals surface area contributed by atoms with E-state index in [-0.39, 0.29) is 5.54 Å². The highest BCUT2D eigenvalue weighted by atomic mass is 16.5. The van der Waals surface area contributed by atoms with Crippen LogP contribution in [0.4, 0.5) is 11.4 Å². The first-order valence-electron chi connectivity index (χ1n) is 10.1. The van der Waals surface area contributed by atoms with Crippen molar-refractivity contribution in [3.8, 4) is 11.5 Å². The highest BCUT2D eigenvalue weighted by Gasteiger charge is 2.35. The molecule has 1 aliphatic rings. The summed E-state index contributed by atoms with van der Waals surface area (Å²) in [7, 11) is 7.35. The van der Waals surface area contributed by atoms with Gasteiger partial charge in [-0.25, -0.2) is 0 Å². The van der Waals surface area contributed by atoms with Gasteiger partial charge in [0.1, 0.15) is 11.4 Å². The maximum atomic E-state index is 12.2. The van der Waals surface area contributed by atoms with Crippen LogP contribution in [-0.2, 0) is 6.54 Å². The minimum atomic E-state index is -0.462. The van der Waals surface area contributed by atoms with Crippen LogP contribution >= 0.6 is 0 Å². The number of benzene rings is 1. The first-order valence-corrected chi connectivity index (χ1v) is 10.1. The van der Waals surface area contributed by atoms with Crippen molar-refractivity contribution < 1.29 is 9.47 Å². The van der Waals surface area contributed by atoms with Crippen molar-refractivity contribution in [3.63, 3.8) is 0 Å². The normalized spacial score (nSPS) is 16.0. The van der Waals surface area contributed by atoms with E-state index >= 15 is 0 Å². The molecule has 2 N–H and O–H groups in total. The Morgan fingerprint density at radius 2 is 1.55 bits per heavy atom. The van der Waals surface area contributed by atoms with Crippen LogP contribution in [0.2, 0.25) is 0 Å². The average Bonchev–Trinajstić information content (AvgIpc) is 2.75. The molecule has 7 heteroatoms. The van der Waals surface area contributed by atoms with Crippen molar-refractivity contribution in [1.82, 2.24) is 4.90 Å². The van der Waals surface area contributed by atoms with Crippen molar-refractivity contribution in [1.29, 1.82) is 0 Å². The predicted molar refractivity (Wildman–Crippen MR) is 116 cm³/mol. The smallest absolute Gasteiger partial charge is 0.253 e. The largest absolute Gasteiger partial charge is 0.493 e. The molecule has 0 amide bonds. The topological polar surface area (TPSA) is 79.9 Å². The van der Waals surface area contributed by atoms with Gasteiger partial charge in [-0.3, -0.25) is 9.59 Å². The maximum Gasteiger partial charge on any atom is 0.253 e. The molecule has 3 rings (SSSR count). The molecule has 2 aromatic carbocycles. The van der Waals surface area contributed by atoms with E-state index in [9.17, 15) is 9.59 Å². The Hall–Kier alpha value is -2.54. The van der Waals surface area contributed by atoms with Crippen molar-refractivity contribution in [2.24, 2.45) is 0 Å². The number of nitrogens with zero attached hydrogens (tertiary/aromatic N) is 1. The van der Waals surface area contributed by atoms with Gasteiger partial charge in [0, 0.05) is 18.6 Å². The minimum absolute atomic E-state index is 0.0264. The highest BCUT2D eigenvalue weighted by Crippen LogP contribution is 2.33. The van der Waals surface area contributed by atoms with Gasteiger partial charge in [0.15, 0.2) is 11.5 Å². The molecular formula is C22H31N3O4. The molecule has 0 saturated heterocycles. The fourth-order valence-electron chi connectivity index (χ4n) is 4.15. The predicted octanol–water partition coefficient (Wildman–Crippen LogP) is 2.59. The summed E-state index contributed by atoms with van der Waals surface area (Å²) in [5.41, 5.74) is 0.828. The molecule has 1 fully saturated rings. The molecule has 0 aromatic heterocycles. The molecule has 29 heavy (non-hydrogen) atoms. The van der Waals surface area contributed by atoms with Gasteiger partial charge in [-0.2, -0.15) is 0 Å². The highest BCUT2D eigenvalue weighted by molar-refractivity contribution is 5.74. The fraction of sp³-hybridized carbons (Fsp3) is 0.545. The molecule has 1 aliphatic carbocycles. The molecule has 158 valence electrons. The zero-order chi connectivity index (χ0) is 21.0. The second kappa shape index (κ2) is 8.86. The maximum absolute atomic E-state index is 12.2. The number of hydrogen-bond donors (Lipinski definition) is 2. The number of likely N-dealkylation sites (N-methyl/N-ethyl adjacent to an activating group) is 1. The third-order valence-electron chi connectivity index (χ3n) is 6.15. The summed E-state index contributed by atoms with van der Waals surface area (Å²) < 4.78 is 10.6. The molecule has 0 spiro atoms. The van der Waals surface area contributed by atoms with Gasteiger partial charge in [0.05, 0.1) is 14.2 Å². The molecular weight excluding hydrogens is 370 g/mol. The van der Waals surface area contributed by atoms with Crippen LogP contribution in [0.5, 0.6) is 11.5 Å². The zero-order valence-electron chi connectivity index (χ0n) is 17.8. The van der Waals surface area contributed by atoms with Gasteiger partial charge in [0.2, 0.25) is 0 Å². The van der Waals surface area contributed by atoms with Crippen LogP contribution in [-0.4, -0.2) is 45.3 Å². The molecule has 2 aromatic rings. The van der Waals surface area contributed by atoms with E-state index in [0.717, 1.165) is 18.4 Å². The van der Waals surface area contributed by atoms with E-state index in [0.29, 0.717) is 36.0 Å². The molecule has 0 bridgehead atoms. The lowest BCUT2D eigenvalue weighted by Crippen LogP contribution is -2.52. The third kappa shape index (κ3) is 4.24. The summed E-state index contributed by atoms with van der Waals surface area (Å²) in [4.78, 5) is 26.5. The first kappa shape index (κ1) is 21.2. The van der Waals surface area contributed by atoms with Gasteiger partial charge in [-0.15, -0.1) is 0 Å². The number of hydrogen-bond acceptors (Lipinski definition) is 7. The summed E-state index contributed by atoms with van der Waals surface area (Å²) in [6.07, 6.45) is 5.83. The lowest BCUT2D eigenvalue weighted by molar-refractivity contribution is 0.113. The third-order valence-corrected chi connectivity index (χ3v) is 6.15. The summed E-state index contributed by atoms with van der Waals surface area (Å²) in [6.45, 7) is 1.08. The van der Waals surface area contributed by atoms with Gasteiger partial charge in [0.25, 0.3) is 10.9 Å². The van der Waals surface area contributed by atoms with Crippen molar-refractivity contribution in [2.45, 2.75) is 44.2 Å². The van der Waals surface area contributed by atoms with E-state index in [2.05, 4.69) is 29.6 Å². The Balaban J connectivity index is 1.69. The van der Waals surface area contributed by atoms with Gasteiger partial charge < -0.3 is 25.0 Å². The molecule has 7 nitrogen and oxygen atoms in total. The first-order chi connectivity index (χ1) is 13.9. The summed E-state index contributed by atoms with van der Waals surface area (Å²) in [6, 6.07) is 5.57. The SMILES string of the molecule is COc1ccc(CNc2c(NCC3(N(C)C)CCCCC3)c(=O)c2=O)cc1OC. The monoisotopic (exact) mass is 401 g/mol. The van der Waals surface area contributed by atoms with E-state index in [4.69, 9.17) is 9.47 Å². The van der Waals surface area contributed by atoms with Crippen LogP contribution in [0.1, 0.15) is 37.7 Å². The second-order valence-corrected chi connectivity index (χ2v) is 7.98. The van der Waals surface area contributed by atoms with Crippen molar-refractivity contribution in [3.05, 3.63) is 44.2 Å². The second-order valence-electron chi connectivity index (χ2n) is 7.98. The Labute approximate surface area is 171 Å².